The van der Waals surface area contributed by atoms with Gasteiger partial charge in [-0.25, -0.2) is 4.79 Å². The minimum Gasteiger partial charge on any atom is -0.487 e. The molecule has 17 heavy (non-hydrogen) atoms. The molecule has 5 heteroatoms. The van der Waals surface area contributed by atoms with Gasteiger partial charge in [0.2, 0.25) is 0 Å². The van der Waals surface area contributed by atoms with E-state index in [4.69, 9.17) is 9.47 Å². The van der Waals surface area contributed by atoms with Gasteiger partial charge in [-0.2, -0.15) is 0 Å². The van der Waals surface area contributed by atoms with Crippen LogP contribution in [-0.2, 0) is 11.3 Å². The van der Waals surface area contributed by atoms with E-state index in [0.717, 1.165) is 21.9 Å². The van der Waals surface area contributed by atoms with Crippen LogP contribution in [0.2, 0.25) is 0 Å². The van der Waals surface area contributed by atoms with Crippen molar-refractivity contribution in [2.45, 2.75) is 6.61 Å². The van der Waals surface area contributed by atoms with Gasteiger partial charge >= 0.3 is 5.97 Å². The maximum Gasteiger partial charge on any atom is 0.348 e. The number of rotatable bonds is 1. The summed E-state index contributed by atoms with van der Waals surface area (Å²) in [6, 6.07) is 5.52. The summed E-state index contributed by atoms with van der Waals surface area (Å²) in [5, 5.41) is 0. The fourth-order valence-electron chi connectivity index (χ4n) is 1.77. The fraction of sp³-hybridized carbons (Fsp3) is 0.167. The molecule has 0 N–H and O–H groups in total. The lowest BCUT2D eigenvalue weighted by molar-refractivity contribution is 0.0606. The minimum atomic E-state index is -0.318. The van der Waals surface area contributed by atoms with Crippen LogP contribution in [0.4, 0.5) is 0 Å². The monoisotopic (exact) mass is 247 g/mol. The van der Waals surface area contributed by atoms with Crippen molar-refractivity contribution >= 4 is 17.3 Å². The molecule has 0 atom stereocenters. The number of hydrogen-bond acceptors (Lipinski definition) is 5. The SMILES string of the molecule is COC(=O)c1cc2c(s1)-c1ncccc1OC2. The Balaban J connectivity index is 2.13. The van der Waals surface area contributed by atoms with Gasteiger partial charge in [-0.3, -0.25) is 4.98 Å². The highest BCUT2D eigenvalue weighted by Gasteiger charge is 2.23. The summed E-state index contributed by atoms with van der Waals surface area (Å²) >= 11 is 1.39. The highest BCUT2D eigenvalue weighted by atomic mass is 32.1. The highest BCUT2D eigenvalue weighted by molar-refractivity contribution is 7.17. The summed E-state index contributed by atoms with van der Waals surface area (Å²) in [7, 11) is 1.38. The maximum absolute atomic E-state index is 11.5. The Bertz CT molecular complexity index is 591. The Morgan fingerprint density at radius 3 is 3.29 bits per heavy atom. The number of carbonyl (C=O) groups excluding carboxylic acids is 1. The van der Waals surface area contributed by atoms with Gasteiger partial charge in [0.05, 0.1) is 12.0 Å². The zero-order valence-corrected chi connectivity index (χ0v) is 9.91. The molecule has 0 fully saturated rings. The van der Waals surface area contributed by atoms with Crippen molar-refractivity contribution < 1.29 is 14.3 Å². The van der Waals surface area contributed by atoms with Gasteiger partial charge in [-0.05, 0) is 18.2 Å². The van der Waals surface area contributed by atoms with E-state index in [1.54, 1.807) is 6.20 Å². The lowest BCUT2D eigenvalue weighted by Crippen LogP contribution is -2.03. The Morgan fingerprint density at radius 1 is 1.59 bits per heavy atom. The molecule has 0 saturated heterocycles. The molecule has 0 spiro atoms. The first-order valence-electron chi connectivity index (χ1n) is 5.09. The highest BCUT2D eigenvalue weighted by Crippen LogP contribution is 2.40. The lowest BCUT2D eigenvalue weighted by atomic mass is 10.1. The van der Waals surface area contributed by atoms with E-state index in [1.165, 1.54) is 18.4 Å². The maximum atomic E-state index is 11.5. The van der Waals surface area contributed by atoms with Crippen LogP contribution in [0.3, 0.4) is 0 Å². The van der Waals surface area contributed by atoms with Crippen LogP contribution < -0.4 is 4.74 Å². The first-order chi connectivity index (χ1) is 8.29. The Kier molecular flexibility index (Phi) is 2.33. The number of fused-ring (bicyclic) bond motifs is 3. The standard InChI is InChI=1S/C12H9NO3S/c1-15-12(14)9-5-7-6-16-8-3-2-4-13-10(8)11(7)17-9/h2-5H,6H2,1H3. The van der Waals surface area contributed by atoms with E-state index in [-0.39, 0.29) is 5.97 Å². The zero-order chi connectivity index (χ0) is 11.8. The summed E-state index contributed by atoms with van der Waals surface area (Å²) in [5.41, 5.74) is 1.79. The fourth-order valence-corrected chi connectivity index (χ4v) is 2.86. The van der Waals surface area contributed by atoms with Gasteiger partial charge in [-0.15, -0.1) is 11.3 Å². The molecule has 0 amide bonds. The molecule has 0 radical (unpaired) electrons. The Morgan fingerprint density at radius 2 is 2.47 bits per heavy atom. The zero-order valence-electron chi connectivity index (χ0n) is 9.10. The average molecular weight is 247 g/mol. The lowest BCUT2D eigenvalue weighted by Gasteiger charge is -2.15. The summed E-state index contributed by atoms with van der Waals surface area (Å²) in [6.07, 6.45) is 1.72. The number of nitrogens with zero attached hydrogens (tertiary/aromatic N) is 1. The van der Waals surface area contributed by atoms with Crippen LogP contribution in [0.5, 0.6) is 5.75 Å². The van der Waals surface area contributed by atoms with Crippen molar-refractivity contribution in [1.29, 1.82) is 0 Å². The third-order valence-electron chi connectivity index (χ3n) is 2.56. The van der Waals surface area contributed by atoms with Crippen molar-refractivity contribution in [2.75, 3.05) is 7.11 Å². The molecular weight excluding hydrogens is 238 g/mol. The van der Waals surface area contributed by atoms with Crippen LogP contribution in [0, 0.1) is 0 Å². The van der Waals surface area contributed by atoms with Crippen LogP contribution >= 0.6 is 11.3 Å². The van der Waals surface area contributed by atoms with E-state index < -0.39 is 0 Å². The first-order valence-corrected chi connectivity index (χ1v) is 5.90. The summed E-state index contributed by atoms with van der Waals surface area (Å²) in [4.78, 5) is 17.3. The van der Waals surface area contributed by atoms with E-state index in [2.05, 4.69) is 4.98 Å². The second-order valence-corrected chi connectivity index (χ2v) is 4.65. The number of methoxy groups -OCH3 is 1. The molecule has 0 aromatic carbocycles. The molecule has 2 aromatic rings. The number of aromatic nitrogens is 1. The quantitative estimate of drug-likeness (QED) is 0.726. The molecule has 0 unspecified atom stereocenters. The summed E-state index contributed by atoms with van der Waals surface area (Å²) in [5.74, 6) is 0.445. The van der Waals surface area contributed by atoms with Gasteiger partial charge in [-0.1, -0.05) is 0 Å². The molecule has 0 aliphatic carbocycles. The molecule has 3 heterocycles. The van der Waals surface area contributed by atoms with Crippen LogP contribution in [0.25, 0.3) is 10.6 Å². The van der Waals surface area contributed by atoms with Gasteiger partial charge < -0.3 is 9.47 Å². The van der Waals surface area contributed by atoms with Gasteiger partial charge in [0.1, 0.15) is 22.9 Å². The van der Waals surface area contributed by atoms with Crippen molar-refractivity contribution in [3.63, 3.8) is 0 Å². The van der Waals surface area contributed by atoms with Crippen molar-refractivity contribution in [1.82, 2.24) is 4.98 Å². The third-order valence-corrected chi connectivity index (χ3v) is 3.73. The topological polar surface area (TPSA) is 48.4 Å². The molecule has 86 valence electrons. The second-order valence-electron chi connectivity index (χ2n) is 3.60. The summed E-state index contributed by atoms with van der Waals surface area (Å²) < 4.78 is 10.3. The van der Waals surface area contributed by atoms with Gasteiger partial charge in [0, 0.05) is 11.8 Å². The smallest absolute Gasteiger partial charge is 0.348 e. The molecule has 0 bridgehead atoms. The number of esters is 1. The van der Waals surface area contributed by atoms with E-state index in [0.29, 0.717) is 11.5 Å². The normalized spacial score (nSPS) is 12.3. The predicted molar refractivity (Wildman–Crippen MR) is 63.2 cm³/mol. The average Bonchev–Trinajstić information content (AvgIpc) is 2.82. The number of pyridine rings is 1. The Hall–Kier alpha value is -1.88. The van der Waals surface area contributed by atoms with E-state index in [9.17, 15) is 4.79 Å². The van der Waals surface area contributed by atoms with Crippen LogP contribution in [0.1, 0.15) is 15.2 Å². The first kappa shape index (κ1) is 10.3. The van der Waals surface area contributed by atoms with Crippen LogP contribution in [0.15, 0.2) is 24.4 Å². The minimum absolute atomic E-state index is 0.318. The molecule has 1 aliphatic rings. The number of thiophene rings is 1. The second kappa shape index (κ2) is 3.85. The summed E-state index contributed by atoms with van der Waals surface area (Å²) in [6.45, 7) is 0.474. The molecule has 0 saturated carbocycles. The van der Waals surface area contributed by atoms with Crippen molar-refractivity contribution in [3.8, 4) is 16.3 Å². The van der Waals surface area contributed by atoms with E-state index >= 15 is 0 Å². The largest absolute Gasteiger partial charge is 0.487 e. The van der Waals surface area contributed by atoms with Crippen molar-refractivity contribution in [2.24, 2.45) is 0 Å². The molecule has 2 aromatic heterocycles. The molecule has 4 nitrogen and oxygen atoms in total. The van der Waals surface area contributed by atoms with Gasteiger partial charge in [0.25, 0.3) is 0 Å². The molecule has 3 rings (SSSR count). The number of carbonyl (C=O) groups is 1. The van der Waals surface area contributed by atoms with E-state index in [1.807, 2.05) is 18.2 Å². The third kappa shape index (κ3) is 1.59. The number of ether oxygens (including phenoxy) is 2. The van der Waals surface area contributed by atoms with Gasteiger partial charge in [0.15, 0.2) is 0 Å². The number of hydrogen-bond donors (Lipinski definition) is 0. The van der Waals surface area contributed by atoms with Crippen molar-refractivity contribution in [3.05, 3.63) is 34.8 Å². The Labute approximate surface area is 102 Å². The molecular formula is C12H9NO3S. The predicted octanol–water partition coefficient (Wildman–Crippen LogP) is 2.49. The van der Waals surface area contributed by atoms with Crippen LogP contribution in [-0.4, -0.2) is 18.1 Å². The molecule has 1 aliphatic heterocycles.